The molecule has 1 saturated heterocycles. The fourth-order valence-electron chi connectivity index (χ4n) is 8.41. The number of pyridine rings is 1. The minimum Gasteiger partial charge on any atom is -0.319 e. The Labute approximate surface area is 188 Å². The van der Waals surface area contributed by atoms with Gasteiger partial charge in [0.2, 0.25) is 5.91 Å². The number of piperidine rings is 1. The highest BCUT2D eigenvalue weighted by Gasteiger charge is 2.60. The summed E-state index contributed by atoms with van der Waals surface area (Å²) in [6.07, 6.45) is 3.54. The SMILES string of the molecule is CC1=C2N(C)C(=O)CC[C@]2(C)[C@@H]2CC[C@]3(C)C(c4cc(C(F)(F)F)ccn4)CC[C@H]3[C@@H]2C1. The van der Waals surface area contributed by atoms with E-state index in [2.05, 4.69) is 25.8 Å². The molecule has 3 fully saturated rings. The summed E-state index contributed by atoms with van der Waals surface area (Å²) in [6.45, 7) is 6.85. The van der Waals surface area contributed by atoms with E-state index in [4.69, 9.17) is 0 Å². The fraction of sp³-hybridized carbons (Fsp3) is 0.692. The van der Waals surface area contributed by atoms with Crippen molar-refractivity contribution in [1.29, 1.82) is 0 Å². The minimum absolute atomic E-state index is 0.0174. The maximum absolute atomic E-state index is 13.3. The smallest absolute Gasteiger partial charge is 0.319 e. The Morgan fingerprint density at radius 3 is 2.59 bits per heavy atom. The van der Waals surface area contributed by atoms with Crippen molar-refractivity contribution < 1.29 is 18.0 Å². The molecule has 1 aromatic rings. The number of hydrogen-bond acceptors (Lipinski definition) is 2. The van der Waals surface area contributed by atoms with Gasteiger partial charge in [-0.3, -0.25) is 9.78 Å². The van der Waals surface area contributed by atoms with E-state index in [1.54, 1.807) is 0 Å². The number of fused-ring (bicyclic) bond motifs is 5. The predicted molar refractivity (Wildman–Crippen MR) is 116 cm³/mol. The predicted octanol–water partition coefficient (Wildman–Crippen LogP) is 6.56. The van der Waals surface area contributed by atoms with Crippen LogP contribution in [0.5, 0.6) is 0 Å². The lowest BCUT2D eigenvalue weighted by atomic mass is 9.48. The molecule has 1 aromatic heterocycles. The number of carbonyl (C=O) groups is 1. The topological polar surface area (TPSA) is 33.2 Å². The summed E-state index contributed by atoms with van der Waals surface area (Å²) >= 11 is 0. The molecule has 0 bridgehead atoms. The first kappa shape index (κ1) is 22.0. The molecule has 2 heterocycles. The second-order valence-corrected chi connectivity index (χ2v) is 11.2. The van der Waals surface area contributed by atoms with Gasteiger partial charge >= 0.3 is 6.18 Å². The van der Waals surface area contributed by atoms with Crippen LogP contribution in [0.2, 0.25) is 0 Å². The summed E-state index contributed by atoms with van der Waals surface area (Å²) in [4.78, 5) is 18.8. The third kappa shape index (κ3) is 3.00. The molecular formula is C26H33F3N2O. The van der Waals surface area contributed by atoms with Crippen LogP contribution in [-0.2, 0) is 11.0 Å². The first-order valence-corrected chi connectivity index (χ1v) is 12.0. The number of halogens is 3. The quantitative estimate of drug-likeness (QED) is 0.489. The van der Waals surface area contributed by atoms with Crippen LogP contribution in [0.3, 0.4) is 0 Å². The van der Waals surface area contributed by atoms with E-state index < -0.39 is 11.7 Å². The molecule has 32 heavy (non-hydrogen) atoms. The van der Waals surface area contributed by atoms with Crippen LogP contribution in [0.25, 0.3) is 0 Å². The molecule has 3 aliphatic carbocycles. The van der Waals surface area contributed by atoms with Crippen LogP contribution in [-0.4, -0.2) is 22.8 Å². The van der Waals surface area contributed by atoms with Crippen LogP contribution >= 0.6 is 0 Å². The molecular weight excluding hydrogens is 413 g/mol. The van der Waals surface area contributed by atoms with Gasteiger partial charge in [0.05, 0.1) is 5.56 Å². The summed E-state index contributed by atoms with van der Waals surface area (Å²) in [6, 6.07) is 2.37. The number of alkyl halides is 3. The second kappa shape index (κ2) is 7.07. The molecule has 0 radical (unpaired) electrons. The summed E-state index contributed by atoms with van der Waals surface area (Å²) in [7, 11) is 1.93. The molecule has 2 saturated carbocycles. The number of hydrogen-bond donors (Lipinski definition) is 0. The maximum Gasteiger partial charge on any atom is 0.416 e. The van der Waals surface area contributed by atoms with Crippen molar-refractivity contribution in [2.24, 2.45) is 28.6 Å². The lowest BCUT2D eigenvalue weighted by Gasteiger charge is -2.59. The minimum atomic E-state index is -4.34. The van der Waals surface area contributed by atoms with Gasteiger partial charge in [0, 0.05) is 42.4 Å². The van der Waals surface area contributed by atoms with Gasteiger partial charge in [-0.1, -0.05) is 19.4 Å². The highest BCUT2D eigenvalue weighted by Crippen LogP contribution is 2.68. The van der Waals surface area contributed by atoms with Crippen LogP contribution in [0.1, 0.15) is 82.9 Å². The summed E-state index contributed by atoms with van der Waals surface area (Å²) in [5, 5.41) is 0. The lowest BCUT2D eigenvalue weighted by molar-refractivity contribution is -0.137. The molecule has 1 aliphatic heterocycles. The summed E-state index contributed by atoms with van der Waals surface area (Å²) in [5.74, 6) is 1.83. The molecule has 174 valence electrons. The highest BCUT2D eigenvalue weighted by atomic mass is 19.4. The Morgan fingerprint density at radius 1 is 1.12 bits per heavy atom. The molecule has 0 spiro atoms. The van der Waals surface area contributed by atoms with Crippen LogP contribution in [0, 0.1) is 28.6 Å². The van der Waals surface area contributed by atoms with Crippen molar-refractivity contribution in [3.05, 3.63) is 40.9 Å². The van der Waals surface area contributed by atoms with Gasteiger partial charge in [-0.25, -0.2) is 0 Å². The van der Waals surface area contributed by atoms with Gasteiger partial charge in [0.25, 0.3) is 0 Å². The van der Waals surface area contributed by atoms with Crippen LogP contribution in [0.4, 0.5) is 13.2 Å². The van der Waals surface area contributed by atoms with E-state index in [9.17, 15) is 18.0 Å². The largest absolute Gasteiger partial charge is 0.416 e. The van der Waals surface area contributed by atoms with Crippen molar-refractivity contribution >= 4 is 5.91 Å². The number of rotatable bonds is 1. The van der Waals surface area contributed by atoms with Crippen molar-refractivity contribution in [1.82, 2.24) is 9.88 Å². The first-order valence-electron chi connectivity index (χ1n) is 12.0. The Kier molecular flexibility index (Phi) is 4.86. The zero-order valence-corrected chi connectivity index (χ0v) is 19.4. The fourth-order valence-corrected chi connectivity index (χ4v) is 8.41. The van der Waals surface area contributed by atoms with E-state index in [0.717, 1.165) is 44.6 Å². The van der Waals surface area contributed by atoms with E-state index in [-0.39, 0.29) is 22.7 Å². The van der Waals surface area contributed by atoms with Crippen LogP contribution < -0.4 is 0 Å². The third-order valence-corrected chi connectivity index (χ3v) is 9.78. The Bertz CT molecular complexity index is 986. The second-order valence-electron chi connectivity index (χ2n) is 11.2. The van der Waals surface area contributed by atoms with Crippen LogP contribution in [0.15, 0.2) is 29.6 Å². The summed E-state index contributed by atoms with van der Waals surface area (Å²) in [5.41, 5.74) is 2.58. The van der Waals surface area contributed by atoms with E-state index in [1.807, 2.05) is 11.9 Å². The van der Waals surface area contributed by atoms with Crippen molar-refractivity contribution in [3.8, 4) is 0 Å². The standard InChI is InChI=1S/C26H33F3N2O/c1-15-13-17-18-5-6-20(21-14-16(9-12-30-21)26(27,28)29)24(18,2)10-7-19(17)25(3)11-8-22(32)31(4)23(15)25/h9,12,14,17-20H,5-8,10-11,13H2,1-4H3/t17-,18-,19+,20?,24-,25+/m0/s1. The van der Waals surface area contributed by atoms with Gasteiger partial charge in [0.1, 0.15) is 0 Å². The van der Waals surface area contributed by atoms with E-state index in [1.165, 1.54) is 23.5 Å². The average molecular weight is 447 g/mol. The molecule has 0 aromatic carbocycles. The molecule has 6 atom stereocenters. The average Bonchev–Trinajstić information content (AvgIpc) is 3.08. The summed E-state index contributed by atoms with van der Waals surface area (Å²) < 4.78 is 40.0. The molecule has 4 aliphatic rings. The third-order valence-electron chi connectivity index (χ3n) is 9.78. The number of allylic oxidation sites excluding steroid dienone is 2. The number of nitrogens with zero attached hydrogens (tertiary/aromatic N) is 2. The zero-order valence-electron chi connectivity index (χ0n) is 19.4. The number of likely N-dealkylation sites (tertiary alicyclic amines) is 1. The molecule has 1 amide bonds. The normalized spacial score (nSPS) is 39.6. The van der Waals surface area contributed by atoms with Gasteiger partial charge in [0.15, 0.2) is 0 Å². The molecule has 5 rings (SSSR count). The number of carbonyl (C=O) groups excluding carboxylic acids is 1. The molecule has 1 unspecified atom stereocenters. The Balaban J connectivity index is 1.49. The van der Waals surface area contributed by atoms with Gasteiger partial charge in [-0.15, -0.1) is 0 Å². The number of amides is 1. The first-order chi connectivity index (χ1) is 15.0. The van der Waals surface area contributed by atoms with Crippen molar-refractivity contribution in [2.75, 3.05) is 7.05 Å². The molecule has 3 nitrogen and oxygen atoms in total. The molecule has 0 N–H and O–H groups in total. The van der Waals surface area contributed by atoms with Crippen molar-refractivity contribution in [2.45, 2.75) is 77.8 Å². The highest BCUT2D eigenvalue weighted by molar-refractivity contribution is 5.79. The molecule has 6 heteroatoms. The van der Waals surface area contributed by atoms with Crippen molar-refractivity contribution in [3.63, 3.8) is 0 Å². The Hall–Kier alpha value is -1.85. The van der Waals surface area contributed by atoms with E-state index in [0.29, 0.717) is 29.9 Å². The van der Waals surface area contributed by atoms with Gasteiger partial charge in [-0.05, 0) is 80.8 Å². The van der Waals surface area contributed by atoms with Gasteiger partial charge < -0.3 is 4.90 Å². The monoisotopic (exact) mass is 446 g/mol. The van der Waals surface area contributed by atoms with E-state index >= 15 is 0 Å². The Morgan fingerprint density at radius 2 is 1.88 bits per heavy atom. The lowest BCUT2D eigenvalue weighted by Crippen LogP contribution is -2.54. The van der Waals surface area contributed by atoms with Gasteiger partial charge in [-0.2, -0.15) is 13.2 Å². The number of aromatic nitrogens is 1. The maximum atomic E-state index is 13.3. The zero-order chi connectivity index (χ0) is 23.1.